The molecule has 12 heteroatoms. The molecule has 0 saturated carbocycles. The van der Waals surface area contributed by atoms with Gasteiger partial charge in [-0.3, -0.25) is 4.79 Å². The van der Waals surface area contributed by atoms with Crippen molar-refractivity contribution >= 4 is 23.6 Å². The molecule has 0 saturated heterocycles. The highest BCUT2D eigenvalue weighted by Crippen LogP contribution is 2.15. The van der Waals surface area contributed by atoms with Crippen LogP contribution in [0.4, 0.5) is 29.3 Å². The van der Waals surface area contributed by atoms with E-state index >= 15 is 0 Å². The number of nitrogens with zero attached hydrogens (tertiary/aromatic N) is 2. The Hall–Kier alpha value is -4.22. The molecule has 0 unspecified atom stereocenters. The summed E-state index contributed by atoms with van der Waals surface area (Å²) < 4.78 is 44.8. The summed E-state index contributed by atoms with van der Waals surface area (Å²) in [7, 11) is 0. The van der Waals surface area contributed by atoms with Crippen LogP contribution >= 0.6 is 0 Å². The quantitative estimate of drug-likeness (QED) is 0.213. The van der Waals surface area contributed by atoms with Crippen LogP contribution in [0.25, 0.3) is 0 Å². The number of aliphatic carboxylic acids is 1. The number of carbonyl (C=O) groups excluding carboxylic acids is 1. The topological polar surface area (TPSA) is 116 Å². The Balaban J connectivity index is 0.000000745. The smallest absolute Gasteiger partial charge is 0.475 e. The van der Waals surface area contributed by atoms with Crippen molar-refractivity contribution in [3.05, 3.63) is 83.3 Å². The number of hydrogen-bond acceptors (Lipinski definition) is 6. The van der Waals surface area contributed by atoms with Gasteiger partial charge in [-0.2, -0.15) is 18.2 Å². The predicted octanol–water partition coefficient (Wildman–Crippen LogP) is 5.40. The molecule has 8 nitrogen and oxygen atoms in total. The number of alkyl halides is 3. The summed E-state index contributed by atoms with van der Waals surface area (Å²) in [5, 5.41) is 16.7. The van der Waals surface area contributed by atoms with E-state index in [1.807, 2.05) is 31.2 Å². The second-order valence-electron chi connectivity index (χ2n) is 9.68. The first kappa shape index (κ1) is 33.0. The van der Waals surface area contributed by atoms with E-state index in [2.05, 4.69) is 51.9 Å². The predicted molar refractivity (Wildman–Crippen MR) is 149 cm³/mol. The van der Waals surface area contributed by atoms with Crippen molar-refractivity contribution in [1.29, 1.82) is 0 Å². The van der Waals surface area contributed by atoms with Crippen LogP contribution in [0.2, 0.25) is 0 Å². The molecule has 0 aliphatic rings. The zero-order valence-corrected chi connectivity index (χ0v) is 23.1. The second kappa shape index (κ2) is 16.1. The summed E-state index contributed by atoms with van der Waals surface area (Å²) in [6.07, 6.45) is -2.89. The lowest BCUT2D eigenvalue weighted by Gasteiger charge is -2.21. The third kappa shape index (κ3) is 13.1. The van der Waals surface area contributed by atoms with Crippen molar-refractivity contribution in [1.82, 2.24) is 15.3 Å². The number of rotatable bonds is 12. The second-order valence-corrected chi connectivity index (χ2v) is 9.68. The van der Waals surface area contributed by atoms with Gasteiger partial charge in [0.25, 0.3) is 0 Å². The van der Waals surface area contributed by atoms with Crippen LogP contribution in [0.15, 0.2) is 60.7 Å². The third-order valence-corrected chi connectivity index (χ3v) is 5.61. The van der Waals surface area contributed by atoms with Gasteiger partial charge in [0.1, 0.15) is 17.7 Å². The number of carboxylic acids is 1. The Kier molecular flexibility index (Phi) is 13.0. The molecule has 1 atom stereocenters. The van der Waals surface area contributed by atoms with Crippen molar-refractivity contribution in [2.24, 2.45) is 5.92 Å². The van der Waals surface area contributed by atoms with Crippen LogP contribution in [0, 0.1) is 18.7 Å². The van der Waals surface area contributed by atoms with Crippen molar-refractivity contribution < 1.29 is 32.3 Å². The van der Waals surface area contributed by atoms with E-state index < -0.39 is 18.2 Å². The number of benzene rings is 2. The van der Waals surface area contributed by atoms with Crippen LogP contribution in [-0.4, -0.2) is 52.3 Å². The molecular weight excluding hydrogens is 542 g/mol. The summed E-state index contributed by atoms with van der Waals surface area (Å²) in [5.74, 6) is -1.58. The van der Waals surface area contributed by atoms with Crippen molar-refractivity contribution in [3.8, 4) is 0 Å². The summed E-state index contributed by atoms with van der Waals surface area (Å²) in [5.41, 5.74) is 3.03. The minimum atomic E-state index is -5.08. The van der Waals surface area contributed by atoms with Gasteiger partial charge < -0.3 is 21.1 Å². The van der Waals surface area contributed by atoms with Crippen LogP contribution in [0.5, 0.6) is 0 Å². The Bertz CT molecular complexity index is 1240. The zero-order chi connectivity index (χ0) is 30.4. The standard InChI is InChI=1S/C27H34FN5O.C2HF3O2/c1-19(2)17-24(26(34)29-15-13-21-7-5-4-6-8-21)32-25-18-20(3)31-27(33-25)30-16-14-22-9-11-23(28)12-10-22;3-2(4,5)1(6)7/h4-12,18-19,24H,13-17H2,1-3H3,(H,29,34)(H2,30,31,32,33);(H,6,7)/t24-;/m0./s1. The van der Waals surface area contributed by atoms with Gasteiger partial charge in [-0.25, -0.2) is 14.2 Å². The normalized spacial score (nSPS) is 11.7. The molecule has 0 aliphatic heterocycles. The highest BCUT2D eigenvalue weighted by Gasteiger charge is 2.38. The van der Waals surface area contributed by atoms with Crippen LogP contribution < -0.4 is 16.0 Å². The molecule has 0 bridgehead atoms. The zero-order valence-electron chi connectivity index (χ0n) is 23.1. The number of aryl methyl sites for hydroxylation is 1. The Labute approximate surface area is 236 Å². The van der Waals surface area contributed by atoms with E-state index in [0.29, 0.717) is 37.2 Å². The summed E-state index contributed by atoms with van der Waals surface area (Å²) in [4.78, 5) is 30.8. The first-order valence-electron chi connectivity index (χ1n) is 13.1. The Morgan fingerprint density at radius 3 is 2.10 bits per heavy atom. The molecule has 1 heterocycles. The van der Waals surface area contributed by atoms with Gasteiger partial charge in [-0.1, -0.05) is 56.3 Å². The van der Waals surface area contributed by atoms with E-state index in [9.17, 15) is 22.4 Å². The fourth-order valence-corrected chi connectivity index (χ4v) is 3.67. The molecule has 0 aliphatic carbocycles. The maximum atomic E-state index is 13.1. The fraction of sp³-hybridized carbons (Fsp3) is 0.379. The number of carboxylic acid groups (broad SMARTS) is 1. The van der Waals surface area contributed by atoms with Gasteiger partial charge in [0.2, 0.25) is 11.9 Å². The maximum absolute atomic E-state index is 13.1. The average Bonchev–Trinajstić information content (AvgIpc) is 2.89. The van der Waals surface area contributed by atoms with Gasteiger partial charge in [0.05, 0.1) is 0 Å². The fourth-order valence-electron chi connectivity index (χ4n) is 3.67. The van der Waals surface area contributed by atoms with E-state index in [1.165, 1.54) is 17.7 Å². The molecule has 41 heavy (non-hydrogen) atoms. The van der Waals surface area contributed by atoms with Gasteiger partial charge in [-0.05, 0) is 55.4 Å². The molecule has 1 amide bonds. The number of aromatic nitrogens is 2. The molecule has 3 aromatic rings. The van der Waals surface area contributed by atoms with Gasteiger partial charge in [-0.15, -0.1) is 0 Å². The lowest BCUT2D eigenvalue weighted by molar-refractivity contribution is -0.192. The third-order valence-electron chi connectivity index (χ3n) is 5.61. The highest BCUT2D eigenvalue weighted by molar-refractivity contribution is 5.84. The molecule has 4 N–H and O–H groups in total. The molecule has 3 rings (SSSR count). The van der Waals surface area contributed by atoms with Crippen molar-refractivity contribution in [2.75, 3.05) is 23.7 Å². The first-order valence-corrected chi connectivity index (χ1v) is 13.1. The lowest BCUT2D eigenvalue weighted by atomic mass is 10.0. The van der Waals surface area contributed by atoms with Crippen LogP contribution in [0.1, 0.15) is 37.1 Å². The lowest BCUT2D eigenvalue weighted by Crippen LogP contribution is -2.41. The van der Waals surface area contributed by atoms with Crippen molar-refractivity contribution in [3.63, 3.8) is 0 Å². The van der Waals surface area contributed by atoms with E-state index in [1.54, 1.807) is 12.1 Å². The van der Waals surface area contributed by atoms with Gasteiger partial charge >= 0.3 is 12.1 Å². The summed E-state index contributed by atoms with van der Waals surface area (Å²) in [6, 6.07) is 18.0. The maximum Gasteiger partial charge on any atom is 0.490 e. The monoisotopic (exact) mass is 577 g/mol. The van der Waals surface area contributed by atoms with E-state index in [-0.39, 0.29) is 11.7 Å². The number of hydrogen-bond donors (Lipinski definition) is 4. The highest BCUT2D eigenvalue weighted by atomic mass is 19.4. The minimum absolute atomic E-state index is 0.0354. The molecule has 0 radical (unpaired) electrons. The number of anilines is 2. The molecule has 1 aromatic heterocycles. The van der Waals surface area contributed by atoms with E-state index in [4.69, 9.17) is 9.90 Å². The average molecular weight is 578 g/mol. The summed E-state index contributed by atoms with van der Waals surface area (Å²) in [6.45, 7) is 7.29. The van der Waals surface area contributed by atoms with Crippen molar-refractivity contribution in [2.45, 2.75) is 52.3 Å². The molecule has 0 fully saturated rings. The minimum Gasteiger partial charge on any atom is -0.475 e. The van der Waals surface area contributed by atoms with Gasteiger partial charge in [0.15, 0.2) is 0 Å². The largest absolute Gasteiger partial charge is 0.490 e. The molecule has 222 valence electrons. The first-order chi connectivity index (χ1) is 19.3. The number of halogens is 4. The van der Waals surface area contributed by atoms with Crippen LogP contribution in [0.3, 0.4) is 0 Å². The summed E-state index contributed by atoms with van der Waals surface area (Å²) >= 11 is 0. The van der Waals surface area contributed by atoms with E-state index in [0.717, 1.165) is 24.1 Å². The SMILES string of the molecule is Cc1cc(N[C@@H](CC(C)C)C(=O)NCCc2ccccc2)nc(NCCc2ccc(F)cc2)n1.O=C(O)C(F)(F)F. The van der Waals surface area contributed by atoms with Gasteiger partial charge in [0, 0.05) is 24.8 Å². The number of amides is 1. The Morgan fingerprint density at radius 1 is 0.927 bits per heavy atom. The molecule has 0 spiro atoms. The molecular formula is C29H35F4N5O3. The molecule has 2 aromatic carbocycles. The van der Waals surface area contributed by atoms with Crippen LogP contribution in [-0.2, 0) is 22.4 Å². The Morgan fingerprint density at radius 2 is 1.51 bits per heavy atom. The number of carbonyl (C=O) groups is 2. The number of nitrogens with one attached hydrogen (secondary N) is 3.